The molecular formula is C11H20O4. The minimum absolute atomic E-state index is 0.101. The van der Waals surface area contributed by atoms with Crippen molar-refractivity contribution in [3.8, 4) is 0 Å². The van der Waals surface area contributed by atoms with E-state index >= 15 is 0 Å². The van der Waals surface area contributed by atoms with Gasteiger partial charge in [0.1, 0.15) is 6.10 Å². The first-order chi connectivity index (χ1) is 7.10. The zero-order valence-corrected chi connectivity index (χ0v) is 9.49. The Morgan fingerprint density at radius 1 is 1.27 bits per heavy atom. The number of esters is 1. The predicted octanol–water partition coefficient (Wildman–Crippen LogP) is 2.36. The van der Waals surface area contributed by atoms with Crippen LogP contribution in [0.2, 0.25) is 0 Å². The Morgan fingerprint density at radius 2 is 1.93 bits per heavy atom. The van der Waals surface area contributed by atoms with Crippen LogP contribution in [0.3, 0.4) is 0 Å². The van der Waals surface area contributed by atoms with E-state index in [4.69, 9.17) is 9.84 Å². The zero-order valence-electron chi connectivity index (χ0n) is 9.49. The SMILES string of the molecule is CCCCCC(=O)OC(CC)CC(=O)O. The summed E-state index contributed by atoms with van der Waals surface area (Å²) in [5.41, 5.74) is 0. The van der Waals surface area contributed by atoms with E-state index in [1.807, 2.05) is 6.92 Å². The maximum atomic E-state index is 11.3. The highest BCUT2D eigenvalue weighted by atomic mass is 16.5. The van der Waals surface area contributed by atoms with Gasteiger partial charge in [0.25, 0.3) is 0 Å². The van der Waals surface area contributed by atoms with Gasteiger partial charge >= 0.3 is 11.9 Å². The quantitative estimate of drug-likeness (QED) is 0.499. The third kappa shape index (κ3) is 7.97. The van der Waals surface area contributed by atoms with Gasteiger partial charge < -0.3 is 9.84 Å². The Balaban J connectivity index is 3.75. The highest BCUT2D eigenvalue weighted by Gasteiger charge is 2.15. The average Bonchev–Trinajstić information content (AvgIpc) is 2.16. The number of carboxylic acids is 1. The van der Waals surface area contributed by atoms with E-state index in [-0.39, 0.29) is 12.4 Å². The second-order valence-electron chi connectivity index (χ2n) is 3.58. The number of carboxylic acid groups (broad SMARTS) is 1. The van der Waals surface area contributed by atoms with Gasteiger partial charge in [-0.3, -0.25) is 9.59 Å². The summed E-state index contributed by atoms with van der Waals surface area (Å²) in [6.07, 6.45) is 3.24. The van der Waals surface area contributed by atoms with Crippen molar-refractivity contribution in [1.29, 1.82) is 0 Å². The number of hydrogen-bond donors (Lipinski definition) is 1. The fraction of sp³-hybridized carbons (Fsp3) is 0.818. The monoisotopic (exact) mass is 216 g/mol. The molecule has 88 valence electrons. The van der Waals surface area contributed by atoms with Gasteiger partial charge in [0.15, 0.2) is 0 Å². The number of ether oxygens (including phenoxy) is 1. The summed E-state index contributed by atoms with van der Waals surface area (Å²) in [4.78, 5) is 21.7. The first-order valence-electron chi connectivity index (χ1n) is 5.51. The summed E-state index contributed by atoms with van der Waals surface area (Å²) in [7, 11) is 0. The van der Waals surface area contributed by atoms with Crippen LogP contribution in [0.25, 0.3) is 0 Å². The third-order valence-corrected chi connectivity index (χ3v) is 2.14. The molecule has 0 saturated heterocycles. The maximum Gasteiger partial charge on any atom is 0.307 e. The summed E-state index contributed by atoms with van der Waals surface area (Å²) in [5, 5.41) is 8.55. The fourth-order valence-corrected chi connectivity index (χ4v) is 1.23. The van der Waals surface area contributed by atoms with Crippen molar-refractivity contribution in [3.63, 3.8) is 0 Å². The van der Waals surface area contributed by atoms with E-state index in [2.05, 4.69) is 6.92 Å². The van der Waals surface area contributed by atoms with Gasteiger partial charge in [0, 0.05) is 6.42 Å². The van der Waals surface area contributed by atoms with Crippen LogP contribution in [0.15, 0.2) is 0 Å². The Bertz CT molecular complexity index is 201. The molecule has 0 bridgehead atoms. The summed E-state index contributed by atoms with van der Waals surface area (Å²) < 4.78 is 5.04. The molecule has 0 heterocycles. The highest BCUT2D eigenvalue weighted by molar-refractivity contribution is 5.71. The smallest absolute Gasteiger partial charge is 0.307 e. The molecule has 0 aromatic carbocycles. The third-order valence-electron chi connectivity index (χ3n) is 2.14. The molecule has 0 aromatic rings. The number of aliphatic carboxylic acids is 1. The molecular weight excluding hydrogens is 196 g/mol. The van der Waals surface area contributed by atoms with E-state index in [1.165, 1.54) is 0 Å². The summed E-state index contributed by atoms with van der Waals surface area (Å²) in [5.74, 6) is -1.21. The van der Waals surface area contributed by atoms with E-state index in [1.54, 1.807) is 0 Å². The van der Waals surface area contributed by atoms with Gasteiger partial charge in [0.05, 0.1) is 6.42 Å². The van der Waals surface area contributed by atoms with Crippen LogP contribution in [0.5, 0.6) is 0 Å². The van der Waals surface area contributed by atoms with Crippen molar-refractivity contribution in [2.75, 3.05) is 0 Å². The van der Waals surface area contributed by atoms with Crippen molar-refractivity contribution >= 4 is 11.9 Å². The van der Waals surface area contributed by atoms with Crippen LogP contribution in [0.1, 0.15) is 52.4 Å². The lowest BCUT2D eigenvalue weighted by atomic mass is 10.2. The van der Waals surface area contributed by atoms with Crippen LogP contribution < -0.4 is 0 Å². The Labute approximate surface area is 90.6 Å². The van der Waals surface area contributed by atoms with E-state index in [0.29, 0.717) is 12.8 Å². The van der Waals surface area contributed by atoms with Gasteiger partial charge in [-0.25, -0.2) is 0 Å². The molecule has 0 aliphatic carbocycles. The molecule has 0 spiro atoms. The van der Waals surface area contributed by atoms with E-state index in [0.717, 1.165) is 19.3 Å². The molecule has 1 atom stereocenters. The van der Waals surface area contributed by atoms with Crippen LogP contribution >= 0.6 is 0 Å². The molecule has 0 aliphatic heterocycles. The summed E-state index contributed by atoms with van der Waals surface area (Å²) in [6, 6.07) is 0. The number of hydrogen-bond acceptors (Lipinski definition) is 3. The highest BCUT2D eigenvalue weighted by Crippen LogP contribution is 2.07. The standard InChI is InChI=1S/C11H20O4/c1-3-5-6-7-11(14)15-9(4-2)8-10(12)13/h9H,3-8H2,1-2H3,(H,12,13). The molecule has 0 rings (SSSR count). The van der Waals surface area contributed by atoms with Crippen molar-refractivity contribution in [1.82, 2.24) is 0 Å². The Kier molecular flexibility index (Phi) is 7.68. The normalized spacial score (nSPS) is 12.1. The molecule has 1 unspecified atom stereocenters. The second-order valence-corrected chi connectivity index (χ2v) is 3.58. The molecule has 4 heteroatoms. The number of carbonyl (C=O) groups excluding carboxylic acids is 1. The molecule has 0 saturated carbocycles. The largest absolute Gasteiger partial charge is 0.481 e. The Morgan fingerprint density at radius 3 is 2.40 bits per heavy atom. The first-order valence-corrected chi connectivity index (χ1v) is 5.51. The fourth-order valence-electron chi connectivity index (χ4n) is 1.23. The van der Waals surface area contributed by atoms with Crippen LogP contribution in [0.4, 0.5) is 0 Å². The van der Waals surface area contributed by atoms with Gasteiger partial charge in [-0.05, 0) is 12.8 Å². The van der Waals surface area contributed by atoms with Crippen LogP contribution in [0, 0.1) is 0 Å². The summed E-state index contributed by atoms with van der Waals surface area (Å²) >= 11 is 0. The summed E-state index contributed by atoms with van der Waals surface area (Å²) in [6.45, 7) is 3.87. The topological polar surface area (TPSA) is 63.6 Å². The van der Waals surface area contributed by atoms with Crippen molar-refractivity contribution in [2.45, 2.75) is 58.5 Å². The van der Waals surface area contributed by atoms with Gasteiger partial charge in [-0.15, -0.1) is 0 Å². The lowest BCUT2D eigenvalue weighted by molar-refractivity contribution is -0.153. The van der Waals surface area contributed by atoms with Crippen molar-refractivity contribution in [3.05, 3.63) is 0 Å². The van der Waals surface area contributed by atoms with Crippen molar-refractivity contribution in [2.24, 2.45) is 0 Å². The molecule has 0 aliphatic rings. The van der Waals surface area contributed by atoms with Crippen LogP contribution in [-0.2, 0) is 14.3 Å². The van der Waals surface area contributed by atoms with Gasteiger partial charge in [-0.1, -0.05) is 26.7 Å². The molecule has 0 amide bonds. The second kappa shape index (κ2) is 8.26. The predicted molar refractivity (Wildman–Crippen MR) is 56.6 cm³/mol. The molecule has 0 aromatic heterocycles. The van der Waals surface area contributed by atoms with Gasteiger partial charge in [0.2, 0.25) is 0 Å². The van der Waals surface area contributed by atoms with Gasteiger partial charge in [-0.2, -0.15) is 0 Å². The van der Waals surface area contributed by atoms with E-state index in [9.17, 15) is 9.59 Å². The number of unbranched alkanes of at least 4 members (excludes halogenated alkanes) is 2. The number of rotatable bonds is 8. The average molecular weight is 216 g/mol. The maximum absolute atomic E-state index is 11.3. The lowest BCUT2D eigenvalue weighted by Crippen LogP contribution is -2.20. The molecule has 0 fully saturated rings. The molecule has 1 N–H and O–H groups in total. The lowest BCUT2D eigenvalue weighted by Gasteiger charge is -2.13. The first kappa shape index (κ1) is 13.9. The molecule has 0 radical (unpaired) electrons. The minimum Gasteiger partial charge on any atom is -0.481 e. The molecule has 4 nitrogen and oxygen atoms in total. The molecule has 15 heavy (non-hydrogen) atoms. The van der Waals surface area contributed by atoms with Crippen LogP contribution in [-0.4, -0.2) is 23.1 Å². The zero-order chi connectivity index (χ0) is 11.7. The minimum atomic E-state index is -0.928. The Hall–Kier alpha value is -1.06. The number of carbonyl (C=O) groups is 2. The van der Waals surface area contributed by atoms with E-state index < -0.39 is 12.1 Å². The van der Waals surface area contributed by atoms with Crippen molar-refractivity contribution < 1.29 is 19.4 Å².